The number of ether oxygens (including phenoxy) is 1. The van der Waals surface area contributed by atoms with Gasteiger partial charge in [-0.3, -0.25) is 24.6 Å². The Bertz CT molecular complexity index is 1660. The number of aromatic nitrogens is 3. The van der Waals surface area contributed by atoms with Gasteiger partial charge >= 0.3 is 0 Å². The Kier molecular flexibility index (Phi) is 11.2. The van der Waals surface area contributed by atoms with Gasteiger partial charge in [-0.15, -0.1) is 0 Å². The molecule has 1 unspecified atom stereocenters. The first-order valence-electron chi connectivity index (χ1n) is 16.1. The normalized spacial score (nSPS) is 17.1. The molecule has 2 aromatic carbocycles. The number of hydrogen-bond donors (Lipinski definition) is 5. The van der Waals surface area contributed by atoms with E-state index in [9.17, 15) is 14.4 Å². The average Bonchev–Trinajstić information content (AvgIpc) is 3.43. The van der Waals surface area contributed by atoms with Crippen LogP contribution in [0.15, 0.2) is 65.6 Å². The van der Waals surface area contributed by atoms with Crippen molar-refractivity contribution in [2.24, 2.45) is 17.6 Å². The minimum atomic E-state index is -0.805. The first kappa shape index (κ1) is 32.9. The van der Waals surface area contributed by atoms with Gasteiger partial charge in [-0.25, -0.2) is 4.98 Å². The number of nitrogens with two attached hydrogens (primary N) is 1. The average molecular weight is 628 g/mol. The molecule has 11 heteroatoms. The Morgan fingerprint density at radius 3 is 2.57 bits per heavy atom. The number of benzene rings is 2. The van der Waals surface area contributed by atoms with Crippen LogP contribution in [0.3, 0.4) is 0 Å². The lowest BCUT2D eigenvalue weighted by molar-refractivity contribution is -0.127. The molecule has 0 bridgehead atoms. The van der Waals surface area contributed by atoms with E-state index in [0.29, 0.717) is 54.4 Å². The lowest BCUT2D eigenvalue weighted by Gasteiger charge is -2.28. The first-order valence-corrected chi connectivity index (χ1v) is 16.1. The van der Waals surface area contributed by atoms with Crippen LogP contribution in [0.4, 0.5) is 5.69 Å². The van der Waals surface area contributed by atoms with Crippen molar-refractivity contribution in [3.63, 3.8) is 0 Å². The molecule has 46 heavy (non-hydrogen) atoms. The smallest absolute Gasteiger partial charge is 0.271 e. The third kappa shape index (κ3) is 9.04. The van der Waals surface area contributed by atoms with Crippen LogP contribution in [0.25, 0.3) is 22.0 Å². The Balaban J connectivity index is 1.28. The van der Waals surface area contributed by atoms with E-state index in [1.165, 1.54) is 0 Å². The molecule has 244 valence electrons. The zero-order chi connectivity index (χ0) is 32.5. The monoisotopic (exact) mass is 627 g/mol. The second-order valence-electron chi connectivity index (χ2n) is 12.6. The molecule has 1 saturated carbocycles. The van der Waals surface area contributed by atoms with Gasteiger partial charge in [-0.2, -0.15) is 0 Å². The molecular weight excluding hydrogens is 582 g/mol. The van der Waals surface area contributed by atoms with Gasteiger partial charge in [0, 0.05) is 42.9 Å². The van der Waals surface area contributed by atoms with E-state index in [0.717, 1.165) is 55.3 Å². The molecule has 1 aliphatic carbocycles. The summed E-state index contributed by atoms with van der Waals surface area (Å²) in [4.78, 5) is 45.4. The van der Waals surface area contributed by atoms with Crippen LogP contribution < -0.4 is 26.7 Å². The maximum atomic E-state index is 13.7. The number of anilines is 1. The number of nitrogens with one attached hydrogen (secondary N) is 4. The summed E-state index contributed by atoms with van der Waals surface area (Å²) in [5.74, 6) is 0.930. The summed E-state index contributed by atoms with van der Waals surface area (Å²) in [6.45, 7) is 2.23. The number of aromatic amines is 2. The van der Waals surface area contributed by atoms with Gasteiger partial charge < -0.3 is 26.0 Å². The number of fused-ring (bicyclic) bond motifs is 1. The highest BCUT2D eigenvalue weighted by Gasteiger charge is 2.26. The highest BCUT2D eigenvalue weighted by atomic mass is 16.5. The molecule has 2 heterocycles. The van der Waals surface area contributed by atoms with Crippen LogP contribution in [-0.4, -0.2) is 71.7 Å². The van der Waals surface area contributed by atoms with E-state index in [2.05, 4.69) is 30.7 Å². The van der Waals surface area contributed by atoms with Gasteiger partial charge in [0.15, 0.2) is 0 Å². The van der Waals surface area contributed by atoms with Crippen LogP contribution in [0.5, 0.6) is 5.88 Å². The Labute approximate surface area is 269 Å². The minimum absolute atomic E-state index is 0.136. The molecule has 0 radical (unpaired) electrons. The molecule has 2 amide bonds. The summed E-state index contributed by atoms with van der Waals surface area (Å²) in [5, 5.41) is 11.8. The van der Waals surface area contributed by atoms with Gasteiger partial charge in [0.1, 0.15) is 6.04 Å². The van der Waals surface area contributed by atoms with Crippen LogP contribution >= 0.6 is 0 Å². The fourth-order valence-corrected chi connectivity index (χ4v) is 6.05. The molecule has 6 N–H and O–H groups in total. The molecule has 11 nitrogen and oxygen atoms in total. The molecule has 0 saturated heterocycles. The molecule has 0 spiro atoms. The zero-order valence-electron chi connectivity index (χ0n) is 26.7. The standard InChI is InChI=1S/C35H45N7O4/c1-42(2)15-4-16-46-33-14-11-27(22-37-33)26-6-3-5-25(17-26)18-31(39-32(43)19-23-7-9-24(21-36)10-8-23)35(45)38-28-12-13-29-30(20-28)40-41-34(29)44/h3,5-6,11-14,17,20,22-24,31H,4,7-10,15-16,18-19,21,36H2,1-2H3,(H,38,45)(H,39,43)(H2,40,41,44). The lowest BCUT2D eigenvalue weighted by atomic mass is 9.80. The van der Waals surface area contributed by atoms with Crippen LogP contribution in [0.2, 0.25) is 0 Å². The molecule has 2 aromatic heterocycles. The fraction of sp³-hybridized carbons (Fsp3) is 0.429. The number of H-pyrrole nitrogens is 2. The summed E-state index contributed by atoms with van der Waals surface area (Å²) < 4.78 is 5.78. The minimum Gasteiger partial charge on any atom is -0.478 e. The molecule has 1 aliphatic rings. The molecular formula is C35H45N7O4. The number of pyridine rings is 1. The number of amides is 2. The third-order valence-electron chi connectivity index (χ3n) is 8.70. The number of hydrogen-bond acceptors (Lipinski definition) is 7. The number of nitrogens with zero attached hydrogens (tertiary/aromatic N) is 2. The second kappa shape index (κ2) is 15.7. The molecule has 1 fully saturated rings. The summed E-state index contributed by atoms with van der Waals surface area (Å²) in [6, 6.07) is 16.0. The molecule has 5 rings (SSSR count). The van der Waals surface area contributed by atoms with Crippen LogP contribution in [0, 0.1) is 11.8 Å². The second-order valence-corrected chi connectivity index (χ2v) is 12.6. The van der Waals surface area contributed by atoms with Gasteiger partial charge in [0.2, 0.25) is 17.7 Å². The maximum absolute atomic E-state index is 13.7. The Morgan fingerprint density at radius 2 is 1.83 bits per heavy atom. The number of carbonyl (C=O) groups excluding carboxylic acids is 2. The third-order valence-corrected chi connectivity index (χ3v) is 8.70. The van der Waals surface area contributed by atoms with Gasteiger partial charge in [0.25, 0.3) is 5.56 Å². The van der Waals surface area contributed by atoms with E-state index < -0.39 is 6.04 Å². The van der Waals surface area contributed by atoms with Gasteiger partial charge in [0.05, 0.1) is 17.5 Å². The van der Waals surface area contributed by atoms with Gasteiger partial charge in [-0.05, 0) is 100.0 Å². The zero-order valence-corrected chi connectivity index (χ0v) is 26.7. The van der Waals surface area contributed by atoms with Crippen molar-refractivity contribution in [1.29, 1.82) is 0 Å². The topological polar surface area (TPSA) is 158 Å². The van der Waals surface area contributed by atoms with Crippen molar-refractivity contribution in [1.82, 2.24) is 25.4 Å². The molecule has 0 aliphatic heterocycles. The highest BCUT2D eigenvalue weighted by molar-refractivity contribution is 5.98. The number of rotatable bonds is 14. The van der Waals surface area contributed by atoms with Crippen molar-refractivity contribution in [2.75, 3.05) is 39.1 Å². The van der Waals surface area contributed by atoms with Crippen molar-refractivity contribution in [2.45, 2.75) is 51.0 Å². The van der Waals surface area contributed by atoms with Crippen molar-refractivity contribution in [3.05, 3.63) is 76.7 Å². The number of carbonyl (C=O) groups is 2. The summed E-state index contributed by atoms with van der Waals surface area (Å²) in [7, 11) is 4.07. The molecule has 1 atom stereocenters. The van der Waals surface area contributed by atoms with E-state index in [1.807, 2.05) is 50.5 Å². The van der Waals surface area contributed by atoms with E-state index >= 15 is 0 Å². The van der Waals surface area contributed by atoms with E-state index in [-0.39, 0.29) is 23.3 Å². The first-order chi connectivity index (χ1) is 22.3. The summed E-state index contributed by atoms with van der Waals surface area (Å²) >= 11 is 0. The maximum Gasteiger partial charge on any atom is 0.271 e. The van der Waals surface area contributed by atoms with E-state index in [1.54, 1.807) is 24.4 Å². The van der Waals surface area contributed by atoms with Crippen molar-refractivity contribution >= 4 is 28.4 Å². The summed E-state index contributed by atoms with van der Waals surface area (Å²) in [6.07, 6.45) is 7.39. The highest BCUT2D eigenvalue weighted by Crippen LogP contribution is 2.30. The fourth-order valence-electron chi connectivity index (χ4n) is 6.05. The van der Waals surface area contributed by atoms with Crippen LogP contribution in [-0.2, 0) is 16.0 Å². The SMILES string of the molecule is CN(C)CCCOc1ccc(-c2cccc(CC(NC(=O)CC3CCC(CN)CC3)C(=O)Nc3ccc4c(=O)[nH][nH]c4c3)c2)cn1. The Morgan fingerprint density at radius 1 is 1.02 bits per heavy atom. The molecule has 4 aromatic rings. The summed E-state index contributed by atoms with van der Waals surface area (Å²) in [5.41, 5.74) is 9.51. The van der Waals surface area contributed by atoms with E-state index in [4.69, 9.17) is 10.5 Å². The predicted molar refractivity (Wildman–Crippen MR) is 181 cm³/mol. The Hall–Kier alpha value is -4.48. The quantitative estimate of drug-likeness (QED) is 0.132. The van der Waals surface area contributed by atoms with Gasteiger partial charge in [-0.1, -0.05) is 24.3 Å². The van der Waals surface area contributed by atoms with Crippen molar-refractivity contribution < 1.29 is 14.3 Å². The van der Waals surface area contributed by atoms with Crippen molar-refractivity contribution in [3.8, 4) is 17.0 Å². The largest absolute Gasteiger partial charge is 0.478 e. The lowest BCUT2D eigenvalue weighted by Crippen LogP contribution is -2.45. The van der Waals surface area contributed by atoms with Crippen LogP contribution in [0.1, 0.15) is 44.1 Å². The predicted octanol–water partition coefficient (Wildman–Crippen LogP) is 4.07.